The molecule has 0 aromatic heterocycles. The van der Waals surface area contributed by atoms with Gasteiger partial charge in [-0.2, -0.15) is 11.8 Å². The van der Waals surface area contributed by atoms with Crippen molar-refractivity contribution in [2.24, 2.45) is 5.92 Å². The first-order valence-corrected chi connectivity index (χ1v) is 7.36. The van der Waals surface area contributed by atoms with E-state index in [0.717, 1.165) is 17.9 Å². The van der Waals surface area contributed by atoms with Crippen molar-refractivity contribution in [2.45, 2.75) is 20.3 Å². The van der Waals surface area contributed by atoms with Crippen LogP contribution in [0.5, 0.6) is 0 Å². The highest BCUT2D eigenvalue weighted by Gasteiger charge is 2.10. The topological polar surface area (TPSA) is 46.3 Å². The van der Waals surface area contributed by atoms with Crippen LogP contribution in [-0.2, 0) is 4.79 Å². The van der Waals surface area contributed by atoms with E-state index in [1.807, 2.05) is 24.3 Å². The van der Waals surface area contributed by atoms with Crippen LogP contribution in [0.3, 0.4) is 0 Å². The smallest absolute Gasteiger partial charge is 0.236 e. The molecule has 3 nitrogen and oxygen atoms in total. The van der Waals surface area contributed by atoms with Gasteiger partial charge in [-0.15, -0.1) is 0 Å². The van der Waals surface area contributed by atoms with Crippen molar-refractivity contribution in [3.05, 3.63) is 24.3 Å². The normalized spacial score (nSPS) is 10.7. The number of carbonyl (C=O) groups excluding carboxylic acids is 1. The minimum absolute atomic E-state index is 0.133. The van der Waals surface area contributed by atoms with Crippen LogP contribution in [0, 0.1) is 5.92 Å². The monoisotopic (exact) mass is 266 g/mol. The molecule has 1 aromatic carbocycles. The molecule has 0 radical (unpaired) electrons. The molecule has 0 bridgehead atoms. The largest absolute Gasteiger partial charge is 0.399 e. The van der Waals surface area contributed by atoms with Crippen molar-refractivity contribution < 1.29 is 4.79 Å². The van der Waals surface area contributed by atoms with Gasteiger partial charge < -0.3 is 10.6 Å². The molecule has 1 aromatic rings. The van der Waals surface area contributed by atoms with E-state index >= 15 is 0 Å². The van der Waals surface area contributed by atoms with E-state index in [-0.39, 0.29) is 5.91 Å². The van der Waals surface area contributed by atoms with Gasteiger partial charge in [0.1, 0.15) is 0 Å². The Morgan fingerprint density at radius 1 is 1.33 bits per heavy atom. The maximum Gasteiger partial charge on any atom is 0.236 e. The number of rotatable bonds is 6. The Morgan fingerprint density at radius 3 is 2.50 bits per heavy atom. The number of amides is 1. The fourth-order valence-corrected chi connectivity index (χ4v) is 2.57. The Kier molecular flexibility index (Phi) is 6.05. The second-order valence-corrected chi connectivity index (χ2v) is 5.88. The number of anilines is 2. The van der Waals surface area contributed by atoms with Crippen molar-refractivity contribution in [1.29, 1.82) is 0 Å². The van der Waals surface area contributed by atoms with Crippen molar-refractivity contribution in [3.8, 4) is 0 Å². The summed E-state index contributed by atoms with van der Waals surface area (Å²) >= 11 is 1.70. The molecule has 0 atom stereocenters. The van der Waals surface area contributed by atoms with Gasteiger partial charge in [0.25, 0.3) is 0 Å². The maximum absolute atomic E-state index is 11.9. The van der Waals surface area contributed by atoms with Crippen molar-refractivity contribution >= 4 is 29.0 Å². The third-order valence-corrected chi connectivity index (χ3v) is 3.70. The molecule has 100 valence electrons. The number of nitrogens with two attached hydrogens (primary N) is 1. The third kappa shape index (κ3) is 5.00. The lowest BCUT2D eigenvalue weighted by Gasteiger charge is -2.17. The second-order valence-electron chi connectivity index (χ2n) is 4.78. The lowest BCUT2D eigenvalue weighted by atomic mass is 10.2. The standard InChI is InChI=1S/C14H22N2OS/c1-11(2)8-9-18-10-14(17)16(3)13-6-4-12(15)5-7-13/h4-7,11H,8-10,15H2,1-3H3. The van der Waals surface area contributed by atoms with Gasteiger partial charge in [-0.3, -0.25) is 4.79 Å². The van der Waals surface area contributed by atoms with Gasteiger partial charge in [-0.1, -0.05) is 13.8 Å². The van der Waals surface area contributed by atoms with Crippen molar-refractivity contribution in [3.63, 3.8) is 0 Å². The summed E-state index contributed by atoms with van der Waals surface area (Å²) in [6.07, 6.45) is 1.16. The number of benzene rings is 1. The Bertz CT molecular complexity index is 376. The number of nitrogens with zero attached hydrogens (tertiary/aromatic N) is 1. The molecule has 0 heterocycles. The molecule has 0 unspecified atom stereocenters. The van der Waals surface area contributed by atoms with E-state index in [9.17, 15) is 4.79 Å². The average molecular weight is 266 g/mol. The van der Waals surface area contributed by atoms with E-state index in [1.54, 1.807) is 23.7 Å². The highest BCUT2D eigenvalue weighted by Crippen LogP contribution is 2.16. The highest BCUT2D eigenvalue weighted by atomic mass is 32.2. The Hall–Kier alpha value is -1.16. The summed E-state index contributed by atoms with van der Waals surface area (Å²) < 4.78 is 0. The van der Waals surface area contributed by atoms with Gasteiger partial charge in [0.2, 0.25) is 5.91 Å². The van der Waals surface area contributed by atoms with E-state index < -0.39 is 0 Å². The summed E-state index contributed by atoms with van der Waals surface area (Å²) in [5, 5.41) is 0. The van der Waals surface area contributed by atoms with E-state index in [1.165, 1.54) is 0 Å². The summed E-state index contributed by atoms with van der Waals surface area (Å²) in [4.78, 5) is 13.6. The molecule has 0 aliphatic carbocycles. The Balaban J connectivity index is 2.39. The average Bonchev–Trinajstić information content (AvgIpc) is 2.34. The fraction of sp³-hybridized carbons (Fsp3) is 0.500. The van der Waals surface area contributed by atoms with E-state index in [2.05, 4.69) is 13.8 Å². The third-order valence-electron chi connectivity index (χ3n) is 2.72. The molecule has 18 heavy (non-hydrogen) atoms. The van der Waals surface area contributed by atoms with Gasteiger partial charge in [0.05, 0.1) is 5.75 Å². The number of hydrogen-bond donors (Lipinski definition) is 1. The summed E-state index contributed by atoms with van der Waals surface area (Å²) in [5.41, 5.74) is 7.22. The first-order valence-electron chi connectivity index (χ1n) is 6.20. The summed E-state index contributed by atoms with van der Waals surface area (Å²) in [6, 6.07) is 7.36. The van der Waals surface area contributed by atoms with Crippen LogP contribution in [-0.4, -0.2) is 24.5 Å². The maximum atomic E-state index is 11.9. The minimum Gasteiger partial charge on any atom is -0.399 e. The minimum atomic E-state index is 0.133. The molecule has 1 amide bonds. The van der Waals surface area contributed by atoms with Gasteiger partial charge in [-0.25, -0.2) is 0 Å². The molecule has 0 spiro atoms. The fourth-order valence-electron chi connectivity index (χ4n) is 1.42. The van der Waals surface area contributed by atoms with Crippen LogP contribution in [0.2, 0.25) is 0 Å². The Labute approximate surface area is 114 Å². The van der Waals surface area contributed by atoms with E-state index in [0.29, 0.717) is 17.4 Å². The van der Waals surface area contributed by atoms with E-state index in [4.69, 9.17) is 5.73 Å². The zero-order valence-corrected chi connectivity index (χ0v) is 12.2. The van der Waals surface area contributed by atoms with Crippen LogP contribution in [0.15, 0.2) is 24.3 Å². The van der Waals surface area contributed by atoms with Crippen LogP contribution in [0.25, 0.3) is 0 Å². The molecule has 0 aliphatic rings. The number of thioether (sulfide) groups is 1. The summed E-state index contributed by atoms with van der Waals surface area (Å²) in [7, 11) is 1.80. The van der Waals surface area contributed by atoms with Crippen LogP contribution >= 0.6 is 11.8 Å². The van der Waals surface area contributed by atoms with Gasteiger partial charge >= 0.3 is 0 Å². The molecule has 0 saturated heterocycles. The molecular formula is C14H22N2OS. The molecule has 2 N–H and O–H groups in total. The molecule has 1 rings (SSSR count). The molecule has 0 saturated carbocycles. The first kappa shape index (κ1) is 14.9. The summed E-state index contributed by atoms with van der Waals surface area (Å²) in [5.74, 6) is 2.41. The van der Waals surface area contributed by atoms with Crippen molar-refractivity contribution in [1.82, 2.24) is 0 Å². The predicted octanol–water partition coefficient (Wildman–Crippen LogP) is 3.01. The lowest BCUT2D eigenvalue weighted by Crippen LogP contribution is -2.28. The molecular weight excluding hydrogens is 244 g/mol. The highest BCUT2D eigenvalue weighted by molar-refractivity contribution is 7.99. The van der Waals surface area contributed by atoms with Crippen LogP contribution in [0.4, 0.5) is 11.4 Å². The SMILES string of the molecule is CC(C)CCSCC(=O)N(C)c1ccc(N)cc1. The zero-order chi connectivity index (χ0) is 13.5. The quantitative estimate of drug-likeness (QED) is 0.636. The molecule has 0 aliphatic heterocycles. The predicted molar refractivity (Wildman–Crippen MR) is 81.0 cm³/mol. The Morgan fingerprint density at radius 2 is 1.94 bits per heavy atom. The van der Waals surface area contributed by atoms with Gasteiger partial charge in [0, 0.05) is 18.4 Å². The molecule has 4 heteroatoms. The van der Waals surface area contributed by atoms with Gasteiger partial charge in [0.15, 0.2) is 0 Å². The first-order chi connectivity index (χ1) is 8.50. The second kappa shape index (κ2) is 7.31. The number of carbonyl (C=O) groups is 1. The lowest BCUT2D eigenvalue weighted by molar-refractivity contribution is -0.115. The van der Waals surface area contributed by atoms with Crippen molar-refractivity contribution in [2.75, 3.05) is 29.2 Å². The molecule has 0 fully saturated rings. The van der Waals surface area contributed by atoms with Gasteiger partial charge in [-0.05, 0) is 42.4 Å². The summed E-state index contributed by atoms with van der Waals surface area (Å²) in [6.45, 7) is 4.39. The zero-order valence-electron chi connectivity index (χ0n) is 11.3. The van der Waals surface area contributed by atoms with Crippen LogP contribution < -0.4 is 10.6 Å². The number of nitrogen functional groups attached to an aromatic ring is 1. The number of hydrogen-bond acceptors (Lipinski definition) is 3. The van der Waals surface area contributed by atoms with Crippen LogP contribution in [0.1, 0.15) is 20.3 Å².